The molecule has 0 aliphatic heterocycles. The molecule has 0 aliphatic carbocycles. The van der Waals surface area contributed by atoms with Crippen LogP contribution < -0.4 is 5.32 Å². The molecule has 1 rings (SSSR count). The van der Waals surface area contributed by atoms with Crippen LogP contribution in [-0.4, -0.2) is 41.3 Å². The smallest absolute Gasteiger partial charge is 0.347 e. The van der Waals surface area contributed by atoms with Gasteiger partial charge < -0.3 is 10.2 Å². The van der Waals surface area contributed by atoms with E-state index in [1.807, 2.05) is 0 Å². The van der Waals surface area contributed by atoms with E-state index in [9.17, 15) is 32.9 Å². The van der Waals surface area contributed by atoms with Crippen LogP contribution in [0, 0.1) is 10.1 Å². The molecule has 132 valence electrons. The maximum absolute atomic E-state index is 12.7. The number of nitro benzene ring substituents is 1. The number of hydrogen-bond donors (Lipinski definition) is 1. The highest BCUT2D eigenvalue weighted by atomic mass is 19.4. The molecular formula is C14H16F3N3O4. The summed E-state index contributed by atoms with van der Waals surface area (Å²) in [6.45, 7) is 2.76. The fourth-order valence-electron chi connectivity index (χ4n) is 2.01. The lowest BCUT2D eigenvalue weighted by Crippen LogP contribution is -2.54. The maximum Gasteiger partial charge on any atom is 0.416 e. The Morgan fingerprint density at radius 1 is 1.21 bits per heavy atom. The van der Waals surface area contributed by atoms with Crippen molar-refractivity contribution in [2.24, 2.45) is 0 Å². The molecule has 0 heterocycles. The van der Waals surface area contributed by atoms with Gasteiger partial charge in [0, 0.05) is 20.2 Å². The number of amides is 2. The number of benzene rings is 1. The lowest BCUT2D eigenvalue weighted by atomic mass is 10.0. The molecule has 1 aromatic rings. The number of carbonyl (C=O) groups is 2. The average Bonchev–Trinajstić information content (AvgIpc) is 2.43. The van der Waals surface area contributed by atoms with E-state index in [0.717, 1.165) is 0 Å². The minimum atomic E-state index is -4.78. The molecule has 10 heteroatoms. The van der Waals surface area contributed by atoms with Crippen LogP contribution in [0.15, 0.2) is 18.2 Å². The second-order valence-electron chi connectivity index (χ2n) is 5.77. The number of nitro groups is 1. The number of nitrogens with one attached hydrogen (secondary N) is 1. The zero-order chi connectivity index (χ0) is 18.9. The van der Waals surface area contributed by atoms with E-state index in [2.05, 4.69) is 5.32 Å². The standard InChI is InChI=1S/C14H16F3N3O4/c1-13(2,12(22)19(3)4)18-11(21)9-6-5-8(14(15,16)17)7-10(9)20(23)24/h5-7H,1-4H3,(H,18,21). The third-order valence-corrected chi connectivity index (χ3v) is 3.13. The van der Waals surface area contributed by atoms with Crippen molar-refractivity contribution in [2.75, 3.05) is 14.1 Å². The van der Waals surface area contributed by atoms with Crippen molar-refractivity contribution in [3.8, 4) is 0 Å². The van der Waals surface area contributed by atoms with Gasteiger partial charge in [-0.25, -0.2) is 0 Å². The highest BCUT2D eigenvalue weighted by molar-refractivity contribution is 6.01. The monoisotopic (exact) mass is 347 g/mol. The molecule has 0 fully saturated rings. The van der Waals surface area contributed by atoms with Crippen molar-refractivity contribution in [2.45, 2.75) is 25.6 Å². The van der Waals surface area contributed by atoms with Crippen LogP contribution in [-0.2, 0) is 11.0 Å². The number of hydrogen-bond acceptors (Lipinski definition) is 4. The lowest BCUT2D eigenvalue weighted by molar-refractivity contribution is -0.385. The molecule has 0 saturated carbocycles. The first kappa shape index (κ1) is 19.4. The summed E-state index contributed by atoms with van der Waals surface area (Å²) in [5.41, 5.74) is -4.19. The van der Waals surface area contributed by atoms with Gasteiger partial charge in [0.05, 0.1) is 10.5 Å². The third kappa shape index (κ3) is 4.21. The molecule has 0 saturated heterocycles. The van der Waals surface area contributed by atoms with Crippen molar-refractivity contribution in [3.05, 3.63) is 39.4 Å². The first-order valence-electron chi connectivity index (χ1n) is 6.67. The summed E-state index contributed by atoms with van der Waals surface area (Å²) in [4.78, 5) is 35.3. The fourth-order valence-corrected chi connectivity index (χ4v) is 2.01. The molecule has 2 amide bonds. The maximum atomic E-state index is 12.7. The topological polar surface area (TPSA) is 92.6 Å². The van der Waals surface area contributed by atoms with Crippen LogP contribution in [0.2, 0.25) is 0 Å². The Morgan fingerprint density at radius 3 is 2.17 bits per heavy atom. The van der Waals surface area contributed by atoms with Crippen LogP contribution >= 0.6 is 0 Å². The summed E-state index contributed by atoms with van der Waals surface area (Å²) in [7, 11) is 2.91. The van der Waals surface area contributed by atoms with E-state index < -0.39 is 45.3 Å². The van der Waals surface area contributed by atoms with Gasteiger partial charge in [-0.2, -0.15) is 13.2 Å². The van der Waals surface area contributed by atoms with E-state index >= 15 is 0 Å². The van der Waals surface area contributed by atoms with Crippen LogP contribution in [0.3, 0.4) is 0 Å². The third-order valence-electron chi connectivity index (χ3n) is 3.13. The Labute approximate surface area is 135 Å². The van der Waals surface area contributed by atoms with Gasteiger partial charge in [-0.05, 0) is 26.0 Å². The van der Waals surface area contributed by atoms with Crippen LogP contribution in [0.4, 0.5) is 18.9 Å². The zero-order valence-corrected chi connectivity index (χ0v) is 13.4. The highest BCUT2D eigenvalue weighted by Gasteiger charge is 2.36. The van der Waals surface area contributed by atoms with Gasteiger partial charge in [0.15, 0.2) is 0 Å². The van der Waals surface area contributed by atoms with Crippen LogP contribution in [0.1, 0.15) is 29.8 Å². The van der Waals surface area contributed by atoms with E-state index in [1.165, 1.54) is 32.8 Å². The van der Waals surface area contributed by atoms with Crippen molar-refractivity contribution >= 4 is 17.5 Å². The normalized spacial score (nSPS) is 11.8. The highest BCUT2D eigenvalue weighted by Crippen LogP contribution is 2.33. The Kier molecular flexibility index (Phi) is 5.22. The Hall–Kier alpha value is -2.65. The zero-order valence-electron chi connectivity index (χ0n) is 13.4. The summed E-state index contributed by atoms with van der Waals surface area (Å²) < 4.78 is 38.0. The second-order valence-corrected chi connectivity index (χ2v) is 5.77. The van der Waals surface area contributed by atoms with Gasteiger partial charge in [-0.15, -0.1) is 0 Å². The van der Waals surface area contributed by atoms with Crippen molar-refractivity contribution < 1.29 is 27.7 Å². The summed E-state index contributed by atoms with van der Waals surface area (Å²) in [6, 6.07) is 1.57. The average molecular weight is 347 g/mol. The van der Waals surface area contributed by atoms with Crippen molar-refractivity contribution in [1.29, 1.82) is 0 Å². The Balaban J connectivity index is 3.24. The van der Waals surface area contributed by atoms with E-state index in [1.54, 1.807) is 0 Å². The van der Waals surface area contributed by atoms with Gasteiger partial charge >= 0.3 is 6.18 Å². The number of rotatable bonds is 4. The SMILES string of the molecule is CN(C)C(=O)C(C)(C)NC(=O)c1ccc(C(F)(F)F)cc1[N+](=O)[O-]. The van der Waals surface area contributed by atoms with Gasteiger partial charge in [-0.3, -0.25) is 19.7 Å². The van der Waals surface area contributed by atoms with E-state index in [4.69, 9.17) is 0 Å². The molecule has 1 N–H and O–H groups in total. The molecule has 24 heavy (non-hydrogen) atoms. The predicted molar refractivity (Wildman–Crippen MR) is 78.3 cm³/mol. The molecule has 0 bridgehead atoms. The van der Waals surface area contributed by atoms with Crippen LogP contribution in [0.5, 0.6) is 0 Å². The largest absolute Gasteiger partial charge is 0.416 e. The molecule has 0 unspecified atom stereocenters. The van der Waals surface area contributed by atoms with Gasteiger partial charge in [0.2, 0.25) is 5.91 Å². The summed E-state index contributed by atoms with van der Waals surface area (Å²) >= 11 is 0. The molecule has 0 aliphatic rings. The summed E-state index contributed by atoms with van der Waals surface area (Å²) in [5, 5.41) is 13.3. The lowest BCUT2D eigenvalue weighted by Gasteiger charge is -2.28. The number of carbonyl (C=O) groups excluding carboxylic acids is 2. The quantitative estimate of drug-likeness (QED) is 0.668. The number of alkyl halides is 3. The molecule has 7 nitrogen and oxygen atoms in total. The minimum Gasteiger partial charge on any atom is -0.347 e. The molecular weight excluding hydrogens is 331 g/mol. The van der Waals surface area contributed by atoms with E-state index in [0.29, 0.717) is 12.1 Å². The van der Waals surface area contributed by atoms with E-state index in [-0.39, 0.29) is 6.07 Å². The van der Waals surface area contributed by atoms with Gasteiger partial charge in [0.1, 0.15) is 11.1 Å². The number of halogens is 3. The molecule has 0 spiro atoms. The second kappa shape index (κ2) is 6.46. The predicted octanol–water partition coefficient (Wildman–Crippen LogP) is 2.21. The number of nitrogens with zero attached hydrogens (tertiary/aromatic N) is 2. The fraction of sp³-hybridized carbons (Fsp3) is 0.429. The van der Waals surface area contributed by atoms with Gasteiger partial charge in [0.25, 0.3) is 11.6 Å². The molecule has 0 atom stereocenters. The Morgan fingerprint density at radius 2 is 1.75 bits per heavy atom. The molecule has 0 radical (unpaired) electrons. The van der Waals surface area contributed by atoms with Crippen LogP contribution in [0.25, 0.3) is 0 Å². The Bertz CT molecular complexity index is 684. The first-order valence-corrected chi connectivity index (χ1v) is 6.67. The van der Waals surface area contributed by atoms with Crippen molar-refractivity contribution in [1.82, 2.24) is 10.2 Å². The minimum absolute atomic E-state index is 0.287. The van der Waals surface area contributed by atoms with Gasteiger partial charge in [-0.1, -0.05) is 0 Å². The summed E-state index contributed by atoms with van der Waals surface area (Å²) in [5.74, 6) is -1.50. The summed E-state index contributed by atoms with van der Waals surface area (Å²) in [6.07, 6.45) is -4.78. The molecule has 0 aromatic heterocycles. The molecule has 1 aromatic carbocycles. The first-order chi connectivity index (χ1) is 10.8. The van der Waals surface area contributed by atoms with Crippen molar-refractivity contribution in [3.63, 3.8) is 0 Å². The number of likely N-dealkylation sites (N-methyl/N-ethyl adjacent to an activating group) is 1.